The fourth-order valence-corrected chi connectivity index (χ4v) is 3.85. The largest absolute Gasteiger partial charge is 0.346 e. The molecule has 26 heavy (non-hydrogen) atoms. The number of H-pyrrole nitrogens is 1. The first-order chi connectivity index (χ1) is 12.6. The highest BCUT2D eigenvalue weighted by Crippen LogP contribution is 2.42. The fraction of sp³-hybridized carbons (Fsp3) is 0.444. The minimum Gasteiger partial charge on any atom is -0.346 e. The molecular formula is C18H21BrN4O3. The molecule has 1 spiro atoms. The molecular weight excluding hydrogens is 400 g/mol. The molecule has 1 aromatic carbocycles. The van der Waals surface area contributed by atoms with Gasteiger partial charge in [-0.25, -0.2) is 4.98 Å². The molecule has 2 fully saturated rings. The second kappa shape index (κ2) is 7.11. The maximum Gasteiger partial charge on any atom is 0.237 e. The topological polar surface area (TPSA) is 79.5 Å². The summed E-state index contributed by atoms with van der Waals surface area (Å²) in [7, 11) is 1.76. The van der Waals surface area contributed by atoms with Gasteiger partial charge in [0, 0.05) is 10.9 Å². The second-order valence-corrected chi connectivity index (χ2v) is 7.48. The Morgan fingerprint density at radius 3 is 2.81 bits per heavy atom. The molecule has 1 aromatic heterocycles. The van der Waals surface area contributed by atoms with Crippen molar-refractivity contribution in [1.29, 1.82) is 0 Å². The number of nitrogens with zero attached hydrogens (tertiary/aromatic N) is 2. The van der Waals surface area contributed by atoms with Crippen LogP contribution in [0.2, 0.25) is 0 Å². The number of likely N-dealkylation sites (N-methyl/N-ethyl adjacent to an activating group) is 1. The van der Waals surface area contributed by atoms with Gasteiger partial charge in [-0.2, -0.15) is 0 Å². The average molecular weight is 421 g/mol. The number of carbonyl (C=O) groups is 1. The number of nitrogens with one attached hydrogen (secondary N) is 2. The quantitative estimate of drug-likeness (QED) is 0.791. The summed E-state index contributed by atoms with van der Waals surface area (Å²) in [5.41, 5.74) is 1.96. The van der Waals surface area contributed by atoms with Crippen LogP contribution in [0.15, 0.2) is 34.9 Å². The molecule has 2 aromatic rings. The molecule has 0 saturated carbocycles. The summed E-state index contributed by atoms with van der Waals surface area (Å²) in [5, 5.41) is 2.92. The van der Waals surface area contributed by atoms with E-state index in [-0.39, 0.29) is 18.5 Å². The van der Waals surface area contributed by atoms with Crippen molar-refractivity contribution in [3.8, 4) is 11.3 Å². The van der Waals surface area contributed by atoms with Crippen LogP contribution in [-0.2, 0) is 14.3 Å². The molecule has 3 heterocycles. The van der Waals surface area contributed by atoms with Crippen molar-refractivity contribution < 1.29 is 14.3 Å². The van der Waals surface area contributed by atoms with Crippen LogP contribution in [0.25, 0.3) is 11.3 Å². The van der Waals surface area contributed by atoms with Crippen LogP contribution in [0, 0.1) is 0 Å². The van der Waals surface area contributed by atoms with Gasteiger partial charge < -0.3 is 24.7 Å². The highest BCUT2D eigenvalue weighted by molar-refractivity contribution is 9.10. The van der Waals surface area contributed by atoms with Gasteiger partial charge >= 0.3 is 0 Å². The Kier molecular flexibility index (Phi) is 4.83. The van der Waals surface area contributed by atoms with Crippen molar-refractivity contribution >= 4 is 21.8 Å². The van der Waals surface area contributed by atoms with E-state index in [0.29, 0.717) is 26.2 Å². The summed E-state index contributed by atoms with van der Waals surface area (Å²) < 4.78 is 12.7. The fourth-order valence-electron chi connectivity index (χ4n) is 3.59. The molecule has 2 aliphatic heterocycles. The Labute approximate surface area is 160 Å². The molecule has 8 heteroatoms. The van der Waals surface area contributed by atoms with Crippen molar-refractivity contribution in [1.82, 2.24) is 20.2 Å². The summed E-state index contributed by atoms with van der Waals surface area (Å²) in [6.07, 6.45) is 2.39. The lowest BCUT2D eigenvalue weighted by Crippen LogP contribution is -2.40. The molecule has 0 radical (unpaired) electrons. The molecule has 2 saturated heterocycles. The van der Waals surface area contributed by atoms with Gasteiger partial charge in [0.15, 0.2) is 5.79 Å². The Morgan fingerprint density at radius 2 is 2.12 bits per heavy atom. The van der Waals surface area contributed by atoms with Gasteiger partial charge in [0.05, 0.1) is 44.2 Å². The van der Waals surface area contributed by atoms with Crippen LogP contribution in [0.3, 0.4) is 0 Å². The highest BCUT2D eigenvalue weighted by atomic mass is 79.9. The third-order valence-corrected chi connectivity index (χ3v) is 5.35. The Bertz CT molecular complexity index is 786. The lowest BCUT2D eigenvalue weighted by molar-refractivity contribution is -0.152. The number of rotatable bonds is 4. The van der Waals surface area contributed by atoms with Gasteiger partial charge in [-0.1, -0.05) is 28.1 Å². The van der Waals surface area contributed by atoms with Crippen LogP contribution < -0.4 is 5.32 Å². The third-order valence-electron chi connectivity index (χ3n) is 4.82. The molecule has 2 aliphatic rings. The van der Waals surface area contributed by atoms with E-state index in [4.69, 9.17) is 9.47 Å². The molecule has 7 nitrogen and oxygen atoms in total. The van der Waals surface area contributed by atoms with E-state index < -0.39 is 5.79 Å². The highest BCUT2D eigenvalue weighted by Gasteiger charge is 2.51. The summed E-state index contributed by atoms with van der Waals surface area (Å²) >= 11 is 3.45. The van der Waals surface area contributed by atoms with E-state index in [9.17, 15) is 4.79 Å². The van der Waals surface area contributed by atoms with E-state index in [0.717, 1.165) is 21.6 Å². The minimum absolute atomic E-state index is 0.00932. The van der Waals surface area contributed by atoms with E-state index >= 15 is 0 Å². The Balaban J connectivity index is 1.61. The molecule has 0 aliphatic carbocycles. The predicted octanol–water partition coefficient (Wildman–Crippen LogP) is 2.08. The predicted molar refractivity (Wildman–Crippen MR) is 99.4 cm³/mol. The molecule has 2 N–H and O–H groups in total. The molecule has 138 valence electrons. The third kappa shape index (κ3) is 3.29. The van der Waals surface area contributed by atoms with Crippen molar-refractivity contribution in [2.45, 2.75) is 18.2 Å². The number of hydrogen-bond acceptors (Lipinski definition) is 5. The summed E-state index contributed by atoms with van der Waals surface area (Å²) in [4.78, 5) is 22.3. The number of amides is 1. The first kappa shape index (κ1) is 17.7. The number of hydrogen-bond donors (Lipinski definition) is 2. The molecule has 1 atom stereocenters. The van der Waals surface area contributed by atoms with Crippen molar-refractivity contribution in [3.05, 3.63) is 40.8 Å². The van der Waals surface area contributed by atoms with Crippen LogP contribution in [-0.4, -0.2) is 59.9 Å². The van der Waals surface area contributed by atoms with E-state index in [1.165, 1.54) is 0 Å². The Hall–Kier alpha value is -1.74. The van der Waals surface area contributed by atoms with Crippen molar-refractivity contribution in [2.75, 3.05) is 33.4 Å². The number of aromatic nitrogens is 2. The van der Waals surface area contributed by atoms with E-state index in [1.54, 1.807) is 18.1 Å². The zero-order valence-corrected chi connectivity index (χ0v) is 16.1. The van der Waals surface area contributed by atoms with Gasteiger partial charge in [0.2, 0.25) is 5.91 Å². The number of carbonyl (C=O) groups excluding carboxylic acids is 1. The second-order valence-electron chi connectivity index (χ2n) is 6.57. The first-order valence-electron chi connectivity index (χ1n) is 8.63. The first-order valence-corrected chi connectivity index (χ1v) is 9.42. The number of aromatic amines is 1. The number of ether oxygens (including phenoxy) is 2. The minimum atomic E-state index is -0.710. The Morgan fingerprint density at radius 1 is 1.38 bits per heavy atom. The summed E-state index contributed by atoms with van der Waals surface area (Å²) in [5.74, 6) is 0.0527. The zero-order chi connectivity index (χ0) is 18.1. The van der Waals surface area contributed by atoms with Gasteiger partial charge in [0.25, 0.3) is 0 Å². The SMILES string of the molecule is CNCC(=O)N1CC2(CC1c1ncc(-c3ccc(Br)cc3)[nH]1)OCCO2. The summed E-state index contributed by atoms with van der Waals surface area (Å²) in [6, 6.07) is 7.82. The van der Waals surface area contributed by atoms with Crippen LogP contribution in [0.1, 0.15) is 18.3 Å². The molecule has 4 rings (SSSR count). The smallest absolute Gasteiger partial charge is 0.237 e. The van der Waals surface area contributed by atoms with Gasteiger partial charge in [-0.3, -0.25) is 4.79 Å². The van der Waals surface area contributed by atoms with Crippen LogP contribution in [0.5, 0.6) is 0 Å². The number of likely N-dealkylation sites (tertiary alicyclic amines) is 1. The molecule has 1 unspecified atom stereocenters. The average Bonchev–Trinajstić information content (AvgIpc) is 3.36. The van der Waals surface area contributed by atoms with Gasteiger partial charge in [0.1, 0.15) is 5.82 Å². The molecule has 0 bridgehead atoms. The van der Waals surface area contributed by atoms with Crippen LogP contribution in [0.4, 0.5) is 0 Å². The zero-order valence-electron chi connectivity index (χ0n) is 14.5. The number of benzene rings is 1. The monoisotopic (exact) mass is 420 g/mol. The maximum atomic E-state index is 12.6. The normalized spacial score (nSPS) is 21.6. The van der Waals surface area contributed by atoms with Crippen molar-refractivity contribution in [3.63, 3.8) is 0 Å². The molecule has 1 amide bonds. The maximum absolute atomic E-state index is 12.6. The lowest BCUT2D eigenvalue weighted by atomic mass is 10.1. The van der Waals surface area contributed by atoms with E-state index in [2.05, 4.69) is 31.2 Å². The van der Waals surface area contributed by atoms with Crippen LogP contribution >= 0.6 is 15.9 Å². The summed E-state index contributed by atoms with van der Waals surface area (Å²) in [6.45, 7) is 1.81. The van der Waals surface area contributed by atoms with E-state index in [1.807, 2.05) is 24.3 Å². The van der Waals surface area contributed by atoms with Crippen molar-refractivity contribution in [2.24, 2.45) is 0 Å². The van der Waals surface area contributed by atoms with Gasteiger partial charge in [-0.05, 0) is 24.7 Å². The lowest BCUT2D eigenvalue weighted by Gasteiger charge is -2.23. The standard InChI is InChI=1S/C18H21BrN4O3/c1-20-10-16(24)23-11-18(25-6-7-26-18)8-15(23)17-21-9-14(22-17)12-2-4-13(19)5-3-12/h2-5,9,15,20H,6-8,10-11H2,1H3,(H,21,22). The number of imidazole rings is 1. The number of halogens is 1. The van der Waals surface area contributed by atoms with Gasteiger partial charge in [-0.15, -0.1) is 0 Å².